The van der Waals surface area contributed by atoms with Gasteiger partial charge in [0.05, 0.1) is 26.6 Å². The van der Waals surface area contributed by atoms with E-state index in [9.17, 15) is 20.2 Å². The van der Waals surface area contributed by atoms with E-state index in [1.165, 1.54) is 13.2 Å². The van der Waals surface area contributed by atoms with Gasteiger partial charge in [-0.05, 0) is 13.1 Å². The molecule has 1 saturated heterocycles. The van der Waals surface area contributed by atoms with Gasteiger partial charge in [0.1, 0.15) is 0 Å². The van der Waals surface area contributed by atoms with Gasteiger partial charge in [0, 0.05) is 16.3 Å². The van der Waals surface area contributed by atoms with Crippen LogP contribution in [-0.2, 0) is 4.74 Å². The van der Waals surface area contributed by atoms with Gasteiger partial charge in [-0.1, -0.05) is 0 Å². The van der Waals surface area contributed by atoms with Crippen molar-refractivity contribution >= 4 is 0 Å². The van der Waals surface area contributed by atoms with Crippen LogP contribution in [0.15, 0.2) is 11.8 Å². The first-order chi connectivity index (χ1) is 8.36. The molecular weight excluding hydrogens is 242 g/mol. The predicted molar refractivity (Wildman–Crippen MR) is 61.3 cm³/mol. The summed E-state index contributed by atoms with van der Waals surface area (Å²) in [6.45, 7) is 0.359. The molecule has 1 aliphatic carbocycles. The molecule has 0 radical (unpaired) electrons. The zero-order valence-electron chi connectivity index (χ0n) is 10.3. The van der Waals surface area contributed by atoms with Crippen LogP contribution in [-0.4, -0.2) is 53.1 Å². The summed E-state index contributed by atoms with van der Waals surface area (Å²) >= 11 is 0. The van der Waals surface area contributed by atoms with Gasteiger partial charge in [-0.3, -0.25) is 25.1 Å². The molecule has 0 unspecified atom stereocenters. The van der Waals surface area contributed by atoms with E-state index in [1.807, 2.05) is 0 Å². The van der Waals surface area contributed by atoms with Crippen LogP contribution in [0.2, 0.25) is 0 Å². The third-order valence-corrected chi connectivity index (χ3v) is 3.80. The first-order valence-electron chi connectivity index (χ1n) is 5.58. The molecule has 18 heavy (non-hydrogen) atoms. The molecule has 8 nitrogen and oxygen atoms in total. The average molecular weight is 257 g/mol. The topological polar surface area (TPSA) is 98.8 Å². The van der Waals surface area contributed by atoms with E-state index in [0.29, 0.717) is 0 Å². The Morgan fingerprint density at radius 3 is 2.50 bits per heavy atom. The number of nitrogens with zero attached hydrogens (tertiary/aromatic N) is 3. The third kappa shape index (κ3) is 1.56. The summed E-state index contributed by atoms with van der Waals surface area (Å²) in [5.41, 5.74) is -2.77. The predicted octanol–water partition coefficient (Wildman–Crippen LogP) is 0.287. The maximum absolute atomic E-state index is 11.4. The number of ether oxygens (including phenoxy) is 1. The van der Waals surface area contributed by atoms with Crippen LogP contribution in [0.3, 0.4) is 0 Å². The molecule has 0 aromatic heterocycles. The van der Waals surface area contributed by atoms with E-state index in [-0.39, 0.29) is 36.6 Å². The van der Waals surface area contributed by atoms with Crippen LogP contribution >= 0.6 is 0 Å². The average Bonchev–Trinajstić information content (AvgIpc) is 2.28. The van der Waals surface area contributed by atoms with Crippen molar-refractivity contribution in [3.8, 4) is 0 Å². The summed E-state index contributed by atoms with van der Waals surface area (Å²) in [6.07, 6.45) is 1.56. The van der Waals surface area contributed by atoms with Gasteiger partial charge in [0.25, 0.3) is 5.54 Å². The van der Waals surface area contributed by atoms with E-state index >= 15 is 0 Å². The van der Waals surface area contributed by atoms with Crippen LogP contribution in [0, 0.1) is 20.2 Å². The number of hydrogen-bond donors (Lipinski definition) is 0. The summed E-state index contributed by atoms with van der Waals surface area (Å²) in [5.74, 6) is 0.233. The number of piperidine rings is 1. The van der Waals surface area contributed by atoms with Crippen molar-refractivity contribution in [3.05, 3.63) is 32.1 Å². The van der Waals surface area contributed by atoms with Gasteiger partial charge in [-0.2, -0.15) is 0 Å². The highest BCUT2D eigenvalue weighted by atomic mass is 16.6. The molecule has 100 valence electrons. The second-order valence-corrected chi connectivity index (χ2v) is 5.10. The molecule has 0 saturated carbocycles. The summed E-state index contributed by atoms with van der Waals surface area (Å²) in [6, 6.07) is 0. The largest absolute Gasteiger partial charge is 0.494 e. The molecule has 0 aromatic carbocycles. The van der Waals surface area contributed by atoms with E-state index in [2.05, 4.69) is 0 Å². The van der Waals surface area contributed by atoms with Crippen molar-refractivity contribution in [2.75, 3.05) is 27.2 Å². The minimum absolute atomic E-state index is 0.107. The van der Waals surface area contributed by atoms with Crippen molar-refractivity contribution in [2.24, 2.45) is 0 Å². The first-order valence-corrected chi connectivity index (χ1v) is 5.58. The lowest BCUT2D eigenvalue weighted by molar-refractivity contribution is -0.623. The van der Waals surface area contributed by atoms with Crippen LogP contribution in [0.4, 0.5) is 0 Å². The van der Waals surface area contributed by atoms with Gasteiger partial charge < -0.3 is 4.74 Å². The fourth-order valence-electron chi connectivity index (χ4n) is 3.12. The lowest BCUT2D eigenvalue weighted by Crippen LogP contribution is -2.66. The van der Waals surface area contributed by atoms with E-state index in [0.717, 1.165) is 0 Å². The smallest absolute Gasteiger partial charge is 0.296 e. The lowest BCUT2D eigenvalue weighted by atomic mass is 9.71. The van der Waals surface area contributed by atoms with Gasteiger partial charge in [0.15, 0.2) is 5.76 Å². The minimum atomic E-state index is -1.49. The molecule has 1 aliphatic heterocycles. The molecule has 2 rings (SSSR count). The summed E-state index contributed by atoms with van der Waals surface area (Å²) in [5, 5.41) is 22.7. The number of hydrogen-bond acceptors (Lipinski definition) is 6. The van der Waals surface area contributed by atoms with E-state index in [1.54, 1.807) is 11.9 Å². The number of fused-ring (bicyclic) bond motifs is 2. The summed E-state index contributed by atoms with van der Waals surface area (Å²) in [4.78, 5) is 23.5. The SMILES string of the molecule is COC1=CC[C@@]2([N+](=O)[O-])CN(C)C[C@]1([N+](=O)[O-])C2. The molecule has 1 heterocycles. The second kappa shape index (κ2) is 3.91. The number of rotatable bonds is 3. The van der Waals surface area contributed by atoms with Crippen molar-refractivity contribution < 1.29 is 14.6 Å². The Balaban J connectivity index is 2.53. The molecule has 0 spiro atoms. The monoisotopic (exact) mass is 257 g/mol. The van der Waals surface area contributed by atoms with Crippen molar-refractivity contribution in [1.82, 2.24) is 4.90 Å². The quantitative estimate of drug-likeness (QED) is 0.532. The zero-order chi connectivity index (χ0) is 13.6. The standard InChI is InChI=1S/C10H15N3O5/c1-11-6-9(12(14)15)4-3-8(18-2)10(5-9,7-11)13(16)17/h3H,4-7H2,1-2H3/t9-,10+/m0/s1. The fourth-order valence-corrected chi connectivity index (χ4v) is 3.12. The highest BCUT2D eigenvalue weighted by molar-refractivity contribution is 5.22. The highest BCUT2D eigenvalue weighted by Crippen LogP contribution is 2.43. The normalized spacial score (nSPS) is 35.8. The number of likely N-dealkylation sites (tertiary alicyclic amines) is 1. The van der Waals surface area contributed by atoms with Gasteiger partial charge in [-0.25, -0.2) is 0 Å². The summed E-state index contributed by atoms with van der Waals surface area (Å²) < 4.78 is 5.08. The molecular formula is C10H15N3O5. The Morgan fingerprint density at radius 1 is 1.33 bits per heavy atom. The molecule has 0 amide bonds. The lowest BCUT2D eigenvalue weighted by Gasteiger charge is -2.44. The minimum Gasteiger partial charge on any atom is -0.494 e. The second-order valence-electron chi connectivity index (χ2n) is 5.10. The Bertz CT molecular complexity index is 437. The number of likely N-dealkylation sites (N-methyl/N-ethyl adjacent to an activating group) is 1. The van der Waals surface area contributed by atoms with Crippen molar-refractivity contribution in [2.45, 2.75) is 23.9 Å². The number of methoxy groups -OCH3 is 1. The molecule has 2 atom stereocenters. The van der Waals surface area contributed by atoms with Gasteiger partial charge >= 0.3 is 0 Å². The van der Waals surface area contributed by atoms with Crippen LogP contribution in [0.1, 0.15) is 12.8 Å². The van der Waals surface area contributed by atoms with Crippen LogP contribution in [0.5, 0.6) is 0 Å². The Morgan fingerprint density at radius 2 is 2.00 bits per heavy atom. The molecule has 1 fully saturated rings. The van der Waals surface area contributed by atoms with E-state index in [4.69, 9.17) is 4.74 Å². The molecule has 0 N–H and O–H groups in total. The van der Waals surface area contributed by atoms with Gasteiger partial charge in [0.2, 0.25) is 5.54 Å². The van der Waals surface area contributed by atoms with Crippen molar-refractivity contribution in [3.63, 3.8) is 0 Å². The Labute approximate surface area is 104 Å². The van der Waals surface area contributed by atoms with Gasteiger partial charge in [-0.15, -0.1) is 0 Å². The maximum atomic E-state index is 11.4. The van der Waals surface area contributed by atoms with Crippen LogP contribution < -0.4 is 0 Å². The Kier molecular flexibility index (Phi) is 2.77. The molecule has 2 bridgehead atoms. The summed E-state index contributed by atoms with van der Waals surface area (Å²) in [7, 11) is 3.03. The van der Waals surface area contributed by atoms with Crippen molar-refractivity contribution in [1.29, 1.82) is 0 Å². The molecule has 2 aliphatic rings. The van der Waals surface area contributed by atoms with Crippen LogP contribution in [0.25, 0.3) is 0 Å². The molecule has 8 heteroatoms. The maximum Gasteiger partial charge on any atom is 0.296 e. The third-order valence-electron chi connectivity index (χ3n) is 3.80. The molecule has 0 aromatic rings. The zero-order valence-corrected chi connectivity index (χ0v) is 10.3. The fraction of sp³-hybridized carbons (Fsp3) is 0.800. The van der Waals surface area contributed by atoms with E-state index < -0.39 is 16.0 Å². The number of nitro groups is 2. The highest BCUT2D eigenvalue weighted by Gasteiger charge is 2.66. The first kappa shape index (κ1) is 12.7. The Hall–Kier alpha value is -1.70.